The molecule has 0 bridgehead atoms. The molecule has 0 radical (unpaired) electrons. The van der Waals surface area contributed by atoms with Crippen LogP contribution in [0.25, 0.3) is 0 Å². The number of carbonyl (C=O) groups excluding carboxylic acids is 1. The number of benzene rings is 1. The van der Waals surface area contributed by atoms with Crippen molar-refractivity contribution in [1.29, 1.82) is 0 Å². The number of ether oxygens (including phenoxy) is 2. The first-order valence-corrected chi connectivity index (χ1v) is 10.5. The average Bonchev–Trinajstić information content (AvgIpc) is 3.25. The molecule has 5 N–H and O–H groups in total. The topological polar surface area (TPSA) is 118 Å². The fourth-order valence-electron chi connectivity index (χ4n) is 3.90. The molecule has 0 saturated carbocycles. The van der Waals surface area contributed by atoms with Crippen LogP contribution in [0.1, 0.15) is 18.4 Å². The van der Waals surface area contributed by atoms with Gasteiger partial charge in [-0.3, -0.25) is 0 Å². The zero-order chi connectivity index (χ0) is 22.5. The number of nitrogens with two attached hydrogens (primary N) is 2. The number of guanidine groups is 1. The highest BCUT2D eigenvalue weighted by Gasteiger charge is 2.24. The minimum absolute atomic E-state index is 0.125. The SMILES string of the molecule is NC(N)=NC(=O)OCc1cccc(N2CCC(OCC3=CC4NC=CN4C=C3)CC2)c1F. The Balaban J connectivity index is 1.27. The summed E-state index contributed by atoms with van der Waals surface area (Å²) in [5, 5.41) is 3.26. The Hall–Kier alpha value is -3.53. The van der Waals surface area contributed by atoms with Crippen molar-refractivity contribution >= 4 is 17.7 Å². The maximum atomic E-state index is 15.0. The first-order chi connectivity index (χ1) is 15.5. The number of nitrogens with zero attached hydrogens (tertiary/aromatic N) is 3. The number of piperidine rings is 1. The lowest BCUT2D eigenvalue weighted by molar-refractivity contribution is 0.0526. The molecular formula is C22H27FN6O3. The van der Waals surface area contributed by atoms with Gasteiger partial charge in [0.2, 0.25) is 0 Å². The molecule has 1 amide bonds. The van der Waals surface area contributed by atoms with Gasteiger partial charge in [-0.15, -0.1) is 4.99 Å². The molecule has 1 saturated heterocycles. The van der Waals surface area contributed by atoms with Crippen LogP contribution in [0.3, 0.4) is 0 Å². The third kappa shape index (κ3) is 5.20. The normalized spacial score (nSPS) is 19.9. The smallest absolute Gasteiger partial charge is 0.437 e. The summed E-state index contributed by atoms with van der Waals surface area (Å²) in [6.45, 7) is 1.66. The van der Waals surface area contributed by atoms with E-state index in [1.54, 1.807) is 18.2 Å². The molecule has 1 fully saturated rings. The number of halogens is 1. The van der Waals surface area contributed by atoms with Crippen LogP contribution in [0.2, 0.25) is 0 Å². The predicted molar refractivity (Wildman–Crippen MR) is 119 cm³/mol. The van der Waals surface area contributed by atoms with E-state index >= 15 is 0 Å². The molecule has 3 heterocycles. The molecule has 1 aromatic carbocycles. The molecule has 1 atom stereocenters. The standard InChI is InChI=1S/C22H27FN6O3/c23-20-16(14-32-22(30)27-21(24)25)2-1-3-18(20)28-9-5-17(6-10-28)31-13-15-4-8-29-11-7-26-19(29)12-15/h1-4,7-8,11-12,17,19,26H,5-6,9-10,13-14H2,(H4,24,25,27,30). The van der Waals surface area contributed by atoms with E-state index in [1.807, 2.05) is 23.5 Å². The summed E-state index contributed by atoms with van der Waals surface area (Å²) < 4.78 is 26.0. The quantitative estimate of drug-likeness (QED) is 0.451. The number of amides is 1. The van der Waals surface area contributed by atoms with Crippen molar-refractivity contribution in [3.05, 3.63) is 65.9 Å². The van der Waals surface area contributed by atoms with Crippen molar-refractivity contribution < 1.29 is 18.7 Å². The Morgan fingerprint density at radius 3 is 2.81 bits per heavy atom. The fourth-order valence-corrected chi connectivity index (χ4v) is 3.90. The molecule has 9 nitrogen and oxygen atoms in total. The van der Waals surface area contributed by atoms with E-state index in [1.165, 1.54) is 0 Å². The first kappa shape index (κ1) is 21.7. The summed E-state index contributed by atoms with van der Waals surface area (Å²) in [6.07, 6.45) is 11.1. The van der Waals surface area contributed by atoms with Gasteiger partial charge >= 0.3 is 6.09 Å². The van der Waals surface area contributed by atoms with Gasteiger partial charge in [-0.05, 0) is 36.6 Å². The Labute approximate surface area is 185 Å². The first-order valence-electron chi connectivity index (χ1n) is 10.5. The lowest BCUT2D eigenvalue weighted by atomic mass is 10.1. The summed E-state index contributed by atoms with van der Waals surface area (Å²) in [5.74, 6) is -0.816. The summed E-state index contributed by atoms with van der Waals surface area (Å²) in [6, 6.07) is 5.03. The van der Waals surface area contributed by atoms with Crippen LogP contribution in [0.15, 0.2) is 59.5 Å². The van der Waals surface area contributed by atoms with E-state index in [0.29, 0.717) is 25.4 Å². The molecule has 0 aromatic heterocycles. The number of anilines is 1. The number of aliphatic imine (C=N–C) groups is 1. The molecule has 3 aliphatic heterocycles. The van der Waals surface area contributed by atoms with Gasteiger partial charge < -0.3 is 36.1 Å². The maximum absolute atomic E-state index is 15.0. The minimum Gasteiger partial charge on any atom is -0.443 e. The van der Waals surface area contributed by atoms with Crippen LogP contribution in [0.4, 0.5) is 14.9 Å². The molecule has 10 heteroatoms. The summed E-state index contributed by atoms with van der Waals surface area (Å²) in [7, 11) is 0. The Morgan fingerprint density at radius 2 is 2.03 bits per heavy atom. The molecule has 0 aliphatic carbocycles. The van der Waals surface area contributed by atoms with Gasteiger partial charge in [0.25, 0.3) is 0 Å². The van der Waals surface area contributed by atoms with Crippen LogP contribution in [0, 0.1) is 5.82 Å². The van der Waals surface area contributed by atoms with Crippen LogP contribution in [-0.2, 0) is 16.1 Å². The highest BCUT2D eigenvalue weighted by molar-refractivity contribution is 5.87. The van der Waals surface area contributed by atoms with Gasteiger partial charge in [-0.25, -0.2) is 9.18 Å². The molecule has 1 aromatic rings. The third-order valence-electron chi connectivity index (χ3n) is 5.57. The lowest BCUT2D eigenvalue weighted by Crippen LogP contribution is -2.38. The molecule has 32 heavy (non-hydrogen) atoms. The van der Waals surface area contributed by atoms with Crippen LogP contribution >= 0.6 is 0 Å². The number of hydrogen-bond acceptors (Lipinski definition) is 6. The van der Waals surface area contributed by atoms with Crippen LogP contribution < -0.4 is 21.7 Å². The predicted octanol–water partition coefficient (Wildman–Crippen LogP) is 1.88. The number of nitrogens with one attached hydrogen (secondary N) is 1. The van der Waals surface area contributed by atoms with Gasteiger partial charge in [-0.2, -0.15) is 0 Å². The second kappa shape index (κ2) is 9.73. The average molecular weight is 442 g/mol. The second-order valence-electron chi connectivity index (χ2n) is 7.77. The highest BCUT2D eigenvalue weighted by atomic mass is 19.1. The van der Waals surface area contributed by atoms with Gasteiger partial charge in [-0.1, -0.05) is 12.1 Å². The second-order valence-corrected chi connectivity index (χ2v) is 7.77. The van der Waals surface area contributed by atoms with Crippen molar-refractivity contribution in [2.24, 2.45) is 16.5 Å². The Bertz CT molecular complexity index is 964. The van der Waals surface area contributed by atoms with Gasteiger partial charge in [0.1, 0.15) is 12.8 Å². The zero-order valence-corrected chi connectivity index (χ0v) is 17.6. The van der Waals surface area contributed by atoms with E-state index in [4.69, 9.17) is 20.9 Å². The molecule has 1 unspecified atom stereocenters. The van der Waals surface area contributed by atoms with Crippen LogP contribution in [-0.4, -0.2) is 48.9 Å². The number of rotatable bonds is 6. The van der Waals surface area contributed by atoms with Crippen molar-refractivity contribution in [1.82, 2.24) is 10.2 Å². The molecule has 3 aliphatic rings. The summed E-state index contributed by atoms with van der Waals surface area (Å²) in [5.41, 5.74) is 12.1. The van der Waals surface area contributed by atoms with Crippen LogP contribution in [0.5, 0.6) is 0 Å². The zero-order valence-electron chi connectivity index (χ0n) is 17.6. The van der Waals surface area contributed by atoms with Crippen molar-refractivity contribution in [3.8, 4) is 0 Å². The van der Waals surface area contributed by atoms with Crippen molar-refractivity contribution in [2.75, 3.05) is 24.6 Å². The van der Waals surface area contributed by atoms with E-state index in [2.05, 4.69) is 27.4 Å². The van der Waals surface area contributed by atoms with E-state index in [-0.39, 0.29) is 24.4 Å². The van der Waals surface area contributed by atoms with Gasteiger partial charge in [0.05, 0.1) is 18.4 Å². The largest absolute Gasteiger partial charge is 0.443 e. The van der Waals surface area contributed by atoms with E-state index in [9.17, 15) is 9.18 Å². The molecule has 170 valence electrons. The maximum Gasteiger partial charge on any atom is 0.437 e. The molecule has 0 spiro atoms. The lowest BCUT2D eigenvalue weighted by Gasteiger charge is -2.34. The van der Waals surface area contributed by atoms with Gasteiger partial charge in [0, 0.05) is 37.3 Å². The fraction of sp³-hybridized carbons (Fsp3) is 0.364. The van der Waals surface area contributed by atoms with E-state index in [0.717, 1.165) is 18.4 Å². The van der Waals surface area contributed by atoms with Crippen molar-refractivity contribution in [2.45, 2.75) is 31.7 Å². The summed E-state index contributed by atoms with van der Waals surface area (Å²) in [4.78, 5) is 18.8. The highest BCUT2D eigenvalue weighted by Crippen LogP contribution is 2.27. The van der Waals surface area contributed by atoms with Gasteiger partial charge in [0.15, 0.2) is 11.8 Å². The summed E-state index contributed by atoms with van der Waals surface area (Å²) >= 11 is 0. The molecular weight excluding hydrogens is 415 g/mol. The number of hydrogen-bond donors (Lipinski definition) is 3. The number of fused-ring (bicyclic) bond motifs is 1. The Morgan fingerprint density at radius 1 is 1.22 bits per heavy atom. The van der Waals surface area contributed by atoms with Crippen molar-refractivity contribution in [3.63, 3.8) is 0 Å². The molecule has 4 rings (SSSR count). The monoisotopic (exact) mass is 442 g/mol. The Kier molecular flexibility index (Phi) is 6.60. The third-order valence-corrected chi connectivity index (χ3v) is 5.57. The number of carbonyl (C=O) groups is 1. The van der Waals surface area contributed by atoms with E-state index < -0.39 is 17.9 Å². The minimum atomic E-state index is -0.955.